The van der Waals surface area contributed by atoms with E-state index >= 15 is 0 Å². The van der Waals surface area contributed by atoms with Gasteiger partial charge in [-0.25, -0.2) is 4.79 Å². The van der Waals surface area contributed by atoms with Crippen LogP contribution in [0.5, 0.6) is 0 Å². The normalized spacial score (nSPS) is 25.2. The highest BCUT2D eigenvalue weighted by atomic mass is 16.7. The predicted octanol–water partition coefficient (Wildman–Crippen LogP) is 4.94. The number of hydrogen-bond acceptors (Lipinski definition) is 6. The van der Waals surface area contributed by atoms with Gasteiger partial charge in [0.15, 0.2) is 0 Å². The van der Waals surface area contributed by atoms with Crippen molar-refractivity contribution in [2.75, 3.05) is 0 Å². The molecule has 0 aromatic carbocycles. The topological polar surface area (TPSA) is 102 Å². The minimum Gasteiger partial charge on any atom is -0.475 e. The van der Waals surface area contributed by atoms with Crippen LogP contribution in [0.4, 0.5) is 0 Å². The minimum atomic E-state index is -2.30. The second-order valence-corrected chi connectivity index (χ2v) is 9.00. The summed E-state index contributed by atoms with van der Waals surface area (Å²) in [6.45, 7) is 8.50. The summed E-state index contributed by atoms with van der Waals surface area (Å²) >= 11 is 0. The quantitative estimate of drug-likeness (QED) is 0.131. The molecule has 2 aliphatic rings. The molecule has 32 heavy (non-hydrogen) atoms. The first-order valence-electron chi connectivity index (χ1n) is 11.8. The summed E-state index contributed by atoms with van der Waals surface area (Å²) in [5, 5.41) is 9.56. The number of carboxylic acid groups (broad SMARTS) is 1. The monoisotopic (exact) mass is 450 g/mol. The van der Waals surface area contributed by atoms with E-state index in [-0.39, 0.29) is 18.6 Å². The first-order chi connectivity index (χ1) is 15.2. The van der Waals surface area contributed by atoms with Gasteiger partial charge in [-0.15, -0.1) is 0 Å². The number of carboxylic acids is 1. The number of allylic oxidation sites excluding steroid dienone is 3. The van der Waals surface area contributed by atoms with Crippen LogP contribution in [0.1, 0.15) is 85.0 Å². The molecule has 1 unspecified atom stereocenters. The van der Waals surface area contributed by atoms with Crippen molar-refractivity contribution in [2.45, 2.75) is 103 Å². The molecule has 1 aliphatic carbocycles. The molecule has 0 aromatic heterocycles. The van der Waals surface area contributed by atoms with E-state index in [1.807, 2.05) is 0 Å². The van der Waals surface area contributed by atoms with Gasteiger partial charge in [-0.3, -0.25) is 9.59 Å². The van der Waals surface area contributed by atoms with Crippen molar-refractivity contribution < 1.29 is 33.7 Å². The molecule has 0 amide bonds. The van der Waals surface area contributed by atoms with Crippen molar-refractivity contribution in [3.63, 3.8) is 0 Å². The fourth-order valence-corrected chi connectivity index (χ4v) is 4.81. The molecule has 1 aliphatic heterocycles. The number of rotatable bonds is 14. The molecule has 1 saturated carbocycles. The van der Waals surface area contributed by atoms with Gasteiger partial charge in [0.1, 0.15) is 0 Å². The largest absolute Gasteiger partial charge is 0.475 e. The third kappa shape index (κ3) is 7.76. The number of ether oxygens (including phenoxy) is 3. The van der Waals surface area contributed by atoms with Gasteiger partial charge in [-0.05, 0) is 63.7 Å². The van der Waals surface area contributed by atoms with Crippen molar-refractivity contribution in [1.29, 1.82) is 0 Å². The molecular formula is C25H38O7. The average Bonchev–Trinajstić information content (AvgIpc) is 3.37. The molecule has 7 nitrogen and oxygen atoms in total. The van der Waals surface area contributed by atoms with E-state index in [2.05, 4.69) is 25.7 Å². The van der Waals surface area contributed by atoms with Gasteiger partial charge in [-0.2, -0.15) is 0 Å². The van der Waals surface area contributed by atoms with E-state index in [1.165, 1.54) is 37.7 Å². The molecular weight excluding hydrogens is 412 g/mol. The zero-order valence-electron chi connectivity index (χ0n) is 19.6. The third-order valence-electron chi connectivity index (χ3n) is 6.49. The number of carbonyl (C=O) groups is 3. The summed E-state index contributed by atoms with van der Waals surface area (Å²) in [6, 6.07) is 0. The lowest BCUT2D eigenvalue weighted by molar-refractivity contribution is -0.237. The Morgan fingerprint density at radius 2 is 1.81 bits per heavy atom. The van der Waals surface area contributed by atoms with Crippen molar-refractivity contribution in [1.82, 2.24) is 0 Å². The fourth-order valence-electron chi connectivity index (χ4n) is 4.81. The number of esters is 2. The fraction of sp³-hybridized carbons (Fsp3) is 0.720. The van der Waals surface area contributed by atoms with Crippen LogP contribution >= 0.6 is 0 Å². The van der Waals surface area contributed by atoms with Gasteiger partial charge in [0, 0.05) is 20.3 Å². The standard InChI is InChI=1S/C25H38O7/c1-5-6-7-8-9-10-11-20-13-12-17(2)21(20)16-23-22(30-23)14-15-25(24(28)29,31-18(3)26)32-19(4)27/h5-6,20-23H,2,7-16H2,1,3-4H3,(H,28,29)/t20-,21-,22?,23+/m0/s1. The number of hydrogen-bond donors (Lipinski definition) is 1. The zero-order chi connectivity index (χ0) is 23.7. The summed E-state index contributed by atoms with van der Waals surface area (Å²) in [5.41, 5.74) is 1.29. The molecule has 2 rings (SSSR count). The molecule has 0 aromatic rings. The summed E-state index contributed by atoms with van der Waals surface area (Å²) in [4.78, 5) is 34.6. The van der Waals surface area contributed by atoms with Gasteiger partial charge < -0.3 is 19.3 Å². The second kappa shape index (κ2) is 12.2. The van der Waals surface area contributed by atoms with Crippen LogP contribution in [0.15, 0.2) is 24.3 Å². The van der Waals surface area contributed by atoms with E-state index in [0.717, 1.165) is 33.1 Å². The lowest BCUT2D eigenvalue weighted by atomic mass is 9.85. The van der Waals surface area contributed by atoms with E-state index < -0.39 is 23.7 Å². The van der Waals surface area contributed by atoms with E-state index in [9.17, 15) is 19.5 Å². The van der Waals surface area contributed by atoms with Crippen molar-refractivity contribution in [3.8, 4) is 0 Å². The lowest BCUT2D eigenvalue weighted by Crippen LogP contribution is -2.47. The van der Waals surface area contributed by atoms with Crippen LogP contribution in [0.25, 0.3) is 0 Å². The summed E-state index contributed by atoms with van der Waals surface area (Å²) < 4.78 is 15.6. The Bertz CT molecular complexity index is 695. The molecule has 1 saturated heterocycles. The van der Waals surface area contributed by atoms with Gasteiger partial charge in [-0.1, -0.05) is 37.1 Å². The molecule has 1 N–H and O–H groups in total. The van der Waals surface area contributed by atoms with E-state index in [0.29, 0.717) is 18.3 Å². The predicted molar refractivity (Wildman–Crippen MR) is 120 cm³/mol. The Hall–Kier alpha value is -2.15. The molecule has 7 heteroatoms. The molecule has 0 bridgehead atoms. The maximum atomic E-state index is 11.7. The maximum absolute atomic E-state index is 11.7. The average molecular weight is 451 g/mol. The van der Waals surface area contributed by atoms with Gasteiger partial charge >= 0.3 is 23.7 Å². The van der Waals surface area contributed by atoms with Crippen LogP contribution in [0.2, 0.25) is 0 Å². The van der Waals surface area contributed by atoms with Crippen LogP contribution in [0.3, 0.4) is 0 Å². The van der Waals surface area contributed by atoms with Crippen molar-refractivity contribution in [2.24, 2.45) is 11.8 Å². The highest BCUT2D eigenvalue weighted by molar-refractivity contribution is 5.82. The molecule has 4 atom stereocenters. The molecule has 0 spiro atoms. The zero-order valence-corrected chi connectivity index (χ0v) is 19.6. The Balaban J connectivity index is 1.83. The molecule has 0 radical (unpaired) electrons. The first-order valence-corrected chi connectivity index (χ1v) is 11.8. The van der Waals surface area contributed by atoms with Crippen LogP contribution < -0.4 is 0 Å². The highest BCUT2D eigenvalue weighted by Crippen LogP contribution is 2.45. The number of aliphatic carboxylic acids is 1. The van der Waals surface area contributed by atoms with Crippen LogP contribution in [-0.4, -0.2) is 41.0 Å². The smallest absolute Gasteiger partial charge is 0.390 e. The summed E-state index contributed by atoms with van der Waals surface area (Å²) in [6.07, 6.45) is 13.6. The van der Waals surface area contributed by atoms with Crippen molar-refractivity contribution >= 4 is 17.9 Å². The lowest BCUT2D eigenvalue weighted by Gasteiger charge is -2.27. The highest BCUT2D eigenvalue weighted by Gasteiger charge is 2.50. The van der Waals surface area contributed by atoms with Gasteiger partial charge in [0.05, 0.1) is 12.2 Å². The van der Waals surface area contributed by atoms with Gasteiger partial charge in [0.2, 0.25) is 0 Å². The summed E-state index contributed by atoms with van der Waals surface area (Å²) in [7, 11) is 0. The Kier molecular flexibility index (Phi) is 9.94. The van der Waals surface area contributed by atoms with Crippen LogP contribution in [-0.2, 0) is 28.6 Å². The third-order valence-corrected chi connectivity index (χ3v) is 6.49. The Morgan fingerprint density at radius 3 is 2.41 bits per heavy atom. The molecule has 2 fully saturated rings. The Morgan fingerprint density at radius 1 is 1.12 bits per heavy atom. The number of carbonyl (C=O) groups excluding carboxylic acids is 2. The summed E-state index contributed by atoms with van der Waals surface area (Å²) in [5.74, 6) is -4.38. The maximum Gasteiger partial charge on any atom is 0.390 e. The van der Waals surface area contributed by atoms with Gasteiger partial charge in [0.25, 0.3) is 0 Å². The first kappa shape index (κ1) is 26.1. The molecule has 1 heterocycles. The Labute approximate surface area is 191 Å². The number of unbranched alkanes of at least 4 members (excludes halogenated alkanes) is 3. The van der Waals surface area contributed by atoms with E-state index in [4.69, 9.17) is 14.2 Å². The minimum absolute atomic E-state index is 0.0354. The van der Waals surface area contributed by atoms with E-state index in [1.54, 1.807) is 0 Å². The van der Waals surface area contributed by atoms with Crippen molar-refractivity contribution in [3.05, 3.63) is 24.3 Å². The molecule has 180 valence electrons. The SMILES string of the molecule is C=C1CC[C@H](CCCCCC=CC)[C@H]1C[C@H]1OC1CCC(OC(C)=O)(OC(C)=O)C(=O)O. The van der Waals surface area contributed by atoms with Crippen LogP contribution in [0, 0.1) is 11.8 Å². The second-order valence-electron chi connectivity index (χ2n) is 9.00. The number of epoxide rings is 1.